The molecular weight excluding hydrogens is 264 g/mol. The summed E-state index contributed by atoms with van der Waals surface area (Å²) >= 11 is 3.28. The predicted octanol–water partition coefficient (Wildman–Crippen LogP) is 1.29. The van der Waals surface area contributed by atoms with Crippen LogP contribution in [-0.4, -0.2) is 16.1 Å². The second kappa shape index (κ2) is 3.87. The zero-order valence-electron chi connectivity index (χ0n) is 7.45. The molecule has 0 fully saturated rings. The standard InChI is InChI=1S/C8H7BrN4O2/c9-4-1-5-6(15-8(14)13-10)3-12-7(5)11-2-4/h1-3H,10H2,(H,11,12)(H,13,14). The van der Waals surface area contributed by atoms with Gasteiger partial charge in [-0.3, -0.25) is 5.43 Å². The summed E-state index contributed by atoms with van der Waals surface area (Å²) in [7, 11) is 0. The first-order valence-corrected chi connectivity index (χ1v) is 4.81. The van der Waals surface area contributed by atoms with Crippen LogP contribution >= 0.6 is 15.9 Å². The highest BCUT2D eigenvalue weighted by Crippen LogP contribution is 2.26. The molecule has 2 aromatic heterocycles. The summed E-state index contributed by atoms with van der Waals surface area (Å²) < 4.78 is 5.70. The molecule has 7 heteroatoms. The molecule has 0 aliphatic carbocycles. The number of H-pyrrole nitrogens is 1. The van der Waals surface area contributed by atoms with Crippen LogP contribution in [0.3, 0.4) is 0 Å². The van der Waals surface area contributed by atoms with Gasteiger partial charge < -0.3 is 9.72 Å². The van der Waals surface area contributed by atoms with Crippen LogP contribution in [0.5, 0.6) is 5.75 Å². The van der Waals surface area contributed by atoms with Crippen LogP contribution in [0, 0.1) is 0 Å². The number of hydrazine groups is 1. The number of amides is 1. The van der Waals surface area contributed by atoms with Gasteiger partial charge in [0.15, 0.2) is 5.75 Å². The van der Waals surface area contributed by atoms with E-state index >= 15 is 0 Å². The number of carbonyl (C=O) groups is 1. The molecule has 2 rings (SSSR count). The van der Waals surface area contributed by atoms with Gasteiger partial charge in [0, 0.05) is 16.9 Å². The zero-order valence-corrected chi connectivity index (χ0v) is 9.04. The van der Waals surface area contributed by atoms with Gasteiger partial charge in [0.25, 0.3) is 0 Å². The molecule has 1 amide bonds. The smallest absolute Gasteiger partial charge is 0.407 e. The predicted molar refractivity (Wildman–Crippen MR) is 57.1 cm³/mol. The second-order valence-electron chi connectivity index (χ2n) is 2.74. The van der Waals surface area contributed by atoms with E-state index in [2.05, 4.69) is 25.9 Å². The molecule has 0 radical (unpaired) electrons. The number of aromatic nitrogens is 2. The third-order valence-corrected chi connectivity index (χ3v) is 2.21. The summed E-state index contributed by atoms with van der Waals surface area (Å²) in [6.07, 6.45) is 2.46. The summed E-state index contributed by atoms with van der Waals surface area (Å²) in [5, 5.41) is 0.702. The van der Waals surface area contributed by atoms with Gasteiger partial charge in [0.05, 0.1) is 5.39 Å². The number of halogens is 1. The molecule has 0 aliphatic rings. The number of rotatable bonds is 1. The van der Waals surface area contributed by atoms with E-state index in [0.717, 1.165) is 4.47 Å². The van der Waals surface area contributed by atoms with Crippen LogP contribution in [0.2, 0.25) is 0 Å². The van der Waals surface area contributed by atoms with Crippen molar-refractivity contribution in [2.24, 2.45) is 5.84 Å². The number of fused-ring (bicyclic) bond motifs is 1. The Labute approximate surface area is 92.9 Å². The summed E-state index contributed by atoms with van der Waals surface area (Å²) in [5.74, 6) is 5.28. The van der Waals surface area contributed by atoms with Crippen LogP contribution in [0.4, 0.5) is 4.79 Å². The fraction of sp³-hybridized carbons (Fsp3) is 0. The molecule has 0 saturated heterocycles. The Bertz CT molecular complexity index is 510. The number of aromatic amines is 1. The Morgan fingerprint density at radius 1 is 1.67 bits per heavy atom. The lowest BCUT2D eigenvalue weighted by molar-refractivity contribution is 0.201. The van der Waals surface area contributed by atoms with Crippen LogP contribution in [0.1, 0.15) is 0 Å². The first-order chi connectivity index (χ1) is 7.20. The fourth-order valence-corrected chi connectivity index (χ4v) is 1.50. The minimum Gasteiger partial charge on any atom is -0.407 e. The number of hydrogen-bond donors (Lipinski definition) is 3. The van der Waals surface area contributed by atoms with Crippen molar-refractivity contribution in [2.75, 3.05) is 0 Å². The van der Waals surface area contributed by atoms with Crippen molar-refractivity contribution < 1.29 is 9.53 Å². The normalized spacial score (nSPS) is 10.3. The summed E-state index contributed by atoms with van der Waals surface area (Å²) in [5.41, 5.74) is 2.51. The molecule has 0 aromatic carbocycles. The average Bonchev–Trinajstić information content (AvgIpc) is 2.61. The maximum absolute atomic E-state index is 10.9. The third-order valence-electron chi connectivity index (χ3n) is 1.78. The third kappa shape index (κ3) is 1.92. The summed E-state index contributed by atoms with van der Waals surface area (Å²) in [6.45, 7) is 0. The van der Waals surface area contributed by atoms with Gasteiger partial charge in [-0.25, -0.2) is 15.6 Å². The van der Waals surface area contributed by atoms with Gasteiger partial charge in [-0.1, -0.05) is 0 Å². The molecule has 0 bridgehead atoms. The largest absolute Gasteiger partial charge is 0.426 e. The molecule has 0 atom stereocenters. The molecule has 4 N–H and O–H groups in total. The quantitative estimate of drug-likeness (QED) is 0.414. The monoisotopic (exact) mass is 270 g/mol. The van der Waals surface area contributed by atoms with E-state index in [4.69, 9.17) is 10.6 Å². The van der Waals surface area contributed by atoms with Gasteiger partial charge in [-0.15, -0.1) is 0 Å². The first-order valence-electron chi connectivity index (χ1n) is 4.02. The summed E-state index contributed by atoms with van der Waals surface area (Å²) in [6, 6.07) is 1.79. The van der Waals surface area contributed by atoms with Gasteiger partial charge >= 0.3 is 6.09 Å². The van der Waals surface area contributed by atoms with Gasteiger partial charge in [0.1, 0.15) is 5.65 Å². The molecule has 0 spiro atoms. The highest BCUT2D eigenvalue weighted by atomic mass is 79.9. The number of hydrogen-bond acceptors (Lipinski definition) is 4. The molecule has 6 nitrogen and oxygen atoms in total. The van der Waals surface area contributed by atoms with Crippen LogP contribution in [-0.2, 0) is 0 Å². The molecular formula is C8H7BrN4O2. The van der Waals surface area contributed by atoms with Crippen molar-refractivity contribution in [1.29, 1.82) is 0 Å². The number of nitrogens with two attached hydrogens (primary N) is 1. The molecule has 0 saturated carbocycles. The van der Waals surface area contributed by atoms with E-state index in [0.29, 0.717) is 16.8 Å². The van der Waals surface area contributed by atoms with E-state index in [-0.39, 0.29) is 0 Å². The van der Waals surface area contributed by atoms with Crippen molar-refractivity contribution >= 4 is 33.1 Å². The van der Waals surface area contributed by atoms with Crippen LogP contribution in [0.25, 0.3) is 11.0 Å². The second-order valence-corrected chi connectivity index (χ2v) is 3.65. The molecule has 2 aromatic rings. The Morgan fingerprint density at radius 2 is 2.47 bits per heavy atom. The highest BCUT2D eigenvalue weighted by molar-refractivity contribution is 9.10. The molecule has 15 heavy (non-hydrogen) atoms. The van der Waals surface area contributed by atoms with E-state index in [9.17, 15) is 4.79 Å². The SMILES string of the molecule is NNC(=O)Oc1c[nH]c2ncc(Br)cc12. The number of carbonyl (C=O) groups excluding carboxylic acids is 1. The van der Waals surface area contributed by atoms with Crippen molar-refractivity contribution in [3.05, 3.63) is 22.9 Å². The molecule has 0 aliphatic heterocycles. The van der Waals surface area contributed by atoms with Crippen LogP contribution in [0.15, 0.2) is 22.9 Å². The Morgan fingerprint density at radius 3 is 3.20 bits per heavy atom. The number of nitrogens with zero attached hydrogens (tertiary/aromatic N) is 1. The number of nitrogens with one attached hydrogen (secondary N) is 2. The van der Waals surface area contributed by atoms with Crippen LogP contribution < -0.4 is 16.0 Å². The van der Waals surface area contributed by atoms with Gasteiger partial charge in [-0.2, -0.15) is 0 Å². The molecule has 0 unspecified atom stereocenters. The number of ether oxygens (including phenoxy) is 1. The maximum atomic E-state index is 10.9. The minimum absolute atomic E-state index is 0.377. The Kier molecular flexibility index (Phi) is 2.57. The zero-order chi connectivity index (χ0) is 10.8. The Balaban J connectivity index is 2.43. The summed E-state index contributed by atoms with van der Waals surface area (Å²) in [4.78, 5) is 17.9. The average molecular weight is 271 g/mol. The van der Waals surface area contributed by atoms with E-state index in [1.165, 1.54) is 0 Å². The van der Waals surface area contributed by atoms with Crippen molar-refractivity contribution in [1.82, 2.24) is 15.4 Å². The fourth-order valence-electron chi connectivity index (χ4n) is 1.17. The van der Waals surface area contributed by atoms with E-state index in [1.807, 2.05) is 5.43 Å². The van der Waals surface area contributed by atoms with Crippen molar-refractivity contribution in [3.63, 3.8) is 0 Å². The maximum Gasteiger partial charge on any atom is 0.426 e. The lowest BCUT2D eigenvalue weighted by Gasteiger charge is -2.00. The lowest BCUT2D eigenvalue weighted by Crippen LogP contribution is -2.32. The molecule has 2 heterocycles. The minimum atomic E-state index is -0.726. The lowest BCUT2D eigenvalue weighted by atomic mass is 10.3. The van der Waals surface area contributed by atoms with Gasteiger partial charge in [0.2, 0.25) is 0 Å². The Hall–Kier alpha value is -1.60. The highest BCUT2D eigenvalue weighted by Gasteiger charge is 2.09. The van der Waals surface area contributed by atoms with E-state index in [1.54, 1.807) is 18.5 Å². The first kappa shape index (κ1) is 9.94. The molecule has 78 valence electrons. The van der Waals surface area contributed by atoms with Crippen molar-refractivity contribution in [3.8, 4) is 5.75 Å². The van der Waals surface area contributed by atoms with Crippen molar-refractivity contribution in [2.45, 2.75) is 0 Å². The van der Waals surface area contributed by atoms with Gasteiger partial charge in [-0.05, 0) is 22.0 Å². The van der Waals surface area contributed by atoms with E-state index < -0.39 is 6.09 Å². The topological polar surface area (TPSA) is 93.0 Å². The number of pyridine rings is 1.